The molecule has 0 bridgehead atoms. The zero-order chi connectivity index (χ0) is 13.2. The van der Waals surface area contributed by atoms with Gasteiger partial charge in [0, 0.05) is 35.1 Å². The minimum absolute atomic E-state index is 0.113. The number of anilines is 1. The first-order valence-corrected chi connectivity index (χ1v) is 6.95. The first-order chi connectivity index (χ1) is 9.20. The van der Waals surface area contributed by atoms with Crippen molar-refractivity contribution in [1.29, 1.82) is 0 Å². The van der Waals surface area contributed by atoms with Gasteiger partial charge in [0.1, 0.15) is 0 Å². The van der Waals surface area contributed by atoms with Gasteiger partial charge in [0.05, 0.1) is 5.52 Å². The summed E-state index contributed by atoms with van der Waals surface area (Å²) < 4.78 is 1.01. The minimum atomic E-state index is 0.113. The zero-order valence-corrected chi connectivity index (χ0v) is 11.8. The SMILES string of the molecule is O=C1CC[C@H](Nc2ncc3cc(Br)ccc3n2)CN1. The third kappa shape index (κ3) is 2.84. The van der Waals surface area contributed by atoms with E-state index in [-0.39, 0.29) is 11.9 Å². The molecule has 1 aromatic heterocycles. The van der Waals surface area contributed by atoms with Gasteiger partial charge in [0.2, 0.25) is 11.9 Å². The van der Waals surface area contributed by atoms with E-state index in [0.29, 0.717) is 18.9 Å². The predicted molar refractivity (Wildman–Crippen MR) is 76.9 cm³/mol. The van der Waals surface area contributed by atoms with E-state index in [1.54, 1.807) is 6.20 Å². The molecule has 0 saturated carbocycles. The molecule has 1 saturated heterocycles. The van der Waals surface area contributed by atoms with Gasteiger partial charge < -0.3 is 10.6 Å². The van der Waals surface area contributed by atoms with Crippen molar-refractivity contribution >= 4 is 38.7 Å². The van der Waals surface area contributed by atoms with E-state index < -0.39 is 0 Å². The number of hydrogen-bond acceptors (Lipinski definition) is 4. The Kier molecular flexibility index (Phi) is 3.33. The van der Waals surface area contributed by atoms with Crippen LogP contribution in [0.2, 0.25) is 0 Å². The van der Waals surface area contributed by atoms with Gasteiger partial charge in [-0.3, -0.25) is 4.79 Å². The van der Waals surface area contributed by atoms with Crippen molar-refractivity contribution in [2.24, 2.45) is 0 Å². The van der Waals surface area contributed by atoms with E-state index in [1.807, 2.05) is 18.2 Å². The Hall–Kier alpha value is -1.69. The fourth-order valence-electron chi connectivity index (χ4n) is 2.11. The lowest BCUT2D eigenvalue weighted by Gasteiger charge is -2.23. The fourth-order valence-corrected chi connectivity index (χ4v) is 2.49. The van der Waals surface area contributed by atoms with Gasteiger partial charge in [0.15, 0.2) is 0 Å². The maximum atomic E-state index is 11.1. The molecule has 1 atom stereocenters. The standard InChI is InChI=1S/C13H13BrN4O/c14-9-1-3-11-8(5-9)6-16-13(18-11)17-10-2-4-12(19)15-7-10/h1,3,5-6,10H,2,4,7H2,(H,15,19)(H,16,17,18)/t10-/m0/s1. The van der Waals surface area contributed by atoms with Gasteiger partial charge in [-0.1, -0.05) is 15.9 Å². The van der Waals surface area contributed by atoms with Crippen LogP contribution in [0.1, 0.15) is 12.8 Å². The van der Waals surface area contributed by atoms with Crippen molar-refractivity contribution in [1.82, 2.24) is 15.3 Å². The van der Waals surface area contributed by atoms with Crippen LogP contribution in [0.15, 0.2) is 28.9 Å². The Labute approximate surface area is 119 Å². The van der Waals surface area contributed by atoms with Crippen LogP contribution in [0.3, 0.4) is 0 Å². The molecule has 1 fully saturated rings. The molecular formula is C13H13BrN4O. The fraction of sp³-hybridized carbons (Fsp3) is 0.308. The van der Waals surface area contributed by atoms with Crippen LogP contribution in [0.4, 0.5) is 5.95 Å². The highest BCUT2D eigenvalue weighted by Gasteiger charge is 2.18. The van der Waals surface area contributed by atoms with Crippen LogP contribution >= 0.6 is 15.9 Å². The molecule has 0 spiro atoms. The third-order valence-electron chi connectivity index (χ3n) is 3.14. The van der Waals surface area contributed by atoms with Gasteiger partial charge >= 0.3 is 0 Å². The second kappa shape index (κ2) is 5.13. The predicted octanol–water partition coefficient (Wildman–Crippen LogP) is 2.08. The third-order valence-corrected chi connectivity index (χ3v) is 3.63. The smallest absolute Gasteiger partial charge is 0.223 e. The highest BCUT2D eigenvalue weighted by molar-refractivity contribution is 9.10. The summed E-state index contributed by atoms with van der Waals surface area (Å²) in [5.41, 5.74) is 0.903. The molecule has 98 valence electrons. The normalized spacial score (nSPS) is 19.2. The minimum Gasteiger partial charge on any atom is -0.354 e. The lowest BCUT2D eigenvalue weighted by Crippen LogP contribution is -2.42. The molecule has 3 rings (SSSR count). The number of nitrogens with one attached hydrogen (secondary N) is 2. The zero-order valence-electron chi connectivity index (χ0n) is 10.2. The maximum absolute atomic E-state index is 11.1. The number of carbonyl (C=O) groups excluding carboxylic acids is 1. The van der Waals surface area contributed by atoms with Crippen molar-refractivity contribution in [3.8, 4) is 0 Å². The largest absolute Gasteiger partial charge is 0.354 e. The molecule has 1 amide bonds. The molecule has 0 unspecified atom stereocenters. The Morgan fingerprint density at radius 3 is 3.11 bits per heavy atom. The van der Waals surface area contributed by atoms with Crippen LogP contribution < -0.4 is 10.6 Å². The Balaban J connectivity index is 1.78. The lowest BCUT2D eigenvalue weighted by molar-refractivity contribution is -0.122. The summed E-state index contributed by atoms with van der Waals surface area (Å²) in [4.78, 5) is 19.9. The molecule has 1 aliphatic rings. The summed E-state index contributed by atoms with van der Waals surface area (Å²) in [5.74, 6) is 0.721. The number of aromatic nitrogens is 2. The number of fused-ring (bicyclic) bond motifs is 1. The summed E-state index contributed by atoms with van der Waals surface area (Å²) in [5, 5.41) is 7.09. The Bertz CT molecular complexity index is 621. The summed E-state index contributed by atoms with van der Waals surface area (Å²) in [6, 6.07) is 6.10. The van der Waals surface area contributed by atoms with Crippen molar-refractivity contribution in [3.05, 3.63) is 28.9 Å². The maximum Gasteiger partial charge on any atom is 0.223 e. The van der Waals surface area contributed by atoms with E-state index in [9.17, 15) is 4.79 Å². The van der Waals surface area contributed by atoms with Crippen molar-refractivity contribution in [2.75, 3.05) is 11.9 Å². The quantitative estimate of drug-likeness (QED) is 0.889. The number of rotatable bonds is 2. The van der Waals surface area contributed by atoms with E-state index in [2.05, 4.69) is 36.5 Å². The molecule has 0 aliphatic carbocycles. The number of piperidine rings is 1. The van der Waals surface area contributed by atoms with E-state index in [4.69, 9.17) is 0 Å². The second-order valence-corrected chi connectivity index (χ2v) is 5.50. The summed E-state index contributed by atoms with van der Waals surface area (Å²) in [6.45, 7) is 0.626. The van der Waals surface area contributed by atoms with Gasteiger partial charge in [-0.15, -0.1) is 0 Å². The molecule has 2 aromatic rings. The van der Waals surface area contributed by atoms with E-state index in [0.717, 1.165) is 21.8 Å². The topological polar surface area (TPSA) is 66.9 Å². The second-order valence-electron chi connectivity index (χ2n) is 4.58. The average molecular weight is 321 g/mol. The number of carbonyl (C=O) groups is 1. The number of nitrogens with zero attached hydrogens (tertiary/aromatic N) is 2. The Morgan fingerprint density at radius 1 is 1.42 bits per heavy atom. The van der Waals surface area contributed by atoms with Gasteiger partial charge in [-0.05, 0) is 24.6 Å². The monoisotopic (exact) mass is 320 g/mol. The Morgan fingerprint density at radius 2 is 2.32 bits per heavy atom. The first-order valence-electron chi connectivity index (χ1n) is 6.16. The highest BCUT2D eigenvalue weighted by Crippen LogP contribution is 2.19. The van der Waals surface area contributed by atoms with Crippen molar-refractivity contribution < 1.29 is 4.79 Å². The van der Waals surface area contributed by atoms with Crippen LogP contribution in [-0.2, 0) is 4.79 Å². The van der Waals surface area contributed by atoms with Crippen molar-refractivity contribution in [2.45, 2.75) is 18.9 Å². The molecule has 2 heterocycles. The highest BCUT2D eigenvalue weighted by atomic mass is 79.9. The summed E-state index contributed by atoms with van der Waals surface area (Å²) >= 11 is 3.42. The molecule has 0 radical (unpaired) electrons. The molecule has 19 heavy (non-hydrogen) atoms. The van der Waals surface area contributed by atoms with Crippen LogP contribution in [0.5, 0.6) is 0 Å². The van der Waals surface area contributed by atoms with E-state index in [1.165, 1.54) is 0 Å². The van der Waals surface area contributed by atoms with E-state index >= 15 is 0 Å². The van der Waals surface area contributed by atoms with Crippen LogP contribution in [0, 0.1) is 0 Å². The molecule has 1 aromatic carbocycles. The number of amides is 1. The molecule has 2 N–H and O–H groups in total. The summed E-state index contributed by atoms with van der Waals surface area (Å²) in [7, 11) is 0. The number of benzene rings is 1. The van der Waals surface area contributed by atoms with Crippen LogP contribution in [0.25, 0.3) is 10.9 Å². The number of halogens is 1. The molecule has 1 aliphatic heterocycles. The molecule has 6 heteroatoms. The molecular weight excluding hydrogens is 308 g/mol. The van der Waals surface area contributed by atoms with Gasteiger partial charge in [-0.25, -0.2) is 9.97 Å². The van der Waals surface area contributed by atoms with Gasteiger partial charge in [0.25, 0.3) is 0 Å². The molecule has 5 nitrogen and oxygen atoms in total. The van der Waals surface area contributed by atoms with Crippen LogP contribution in [-0.4, -0.2) is 28.5 Å². The average Bonchev–Trinajstić information content (AvgIpc) is 2.42. The lowest BCUT2D eigenvalue weighted by atomic mass is 10.1. The summed E-state index contributed by atoms with van der Waals surface area (Å²) in [6.07, 6.45) is 3.17. The first kappa shape index (κ1) is 12.3. The van der Waals surface area contributed by atoms with Crippen molar-refractivity contribution in [3.63, 3.8) is 0 Å². The van der Waals surface area contributed by atoms with Gasteiger partial charge in [-0.2, -0.15) is 0 Å². The number of hydrogen-bond donors (Lipinski definition) is 2.